The predicted octanol–water partition coefficient (Wildman–Crippen LogP) is 3.32. The van der Waals surface area contributed by atoms with Crippen molar-refractivity contribution >= 4 is 28.5 Å². The average Bonchev–Trinajstić information content (AvgIpc) is 3.03. The molecule has 0 N–H and O–H groups in total. The maximum Gasteiger partial charge on any atom is 0.326 e. The van der Waals surface area contributed by atoms with E-state index in [0.717, 1.165) is 10.9 Å². The topological polar surface area (TPSA) is 101 Å². The molecule has 1 aliphatic heterocycles. The van der Waals surface area contributed by atoms with Gasteiger partial charge in [-0.1, -0.05) is 18.2 Å². The van der Waals surface area contributed by atoms with E-state index in [4.69, 9.17) is 9.47 Å². The molecule has 2 atom stereocenters. The highest BCUT2D eigenvalue weighted by Crippen LogP contribution is 2.46. The highest BCUT2D eigenvalue weighted by atomic mass is 16.6. The minimum Gasteiger partial charge on any atom is -0.465 e. The highest BCUT2D eigenvalue weighted by molar-refractivity contribution is 6.00. The fourth-order valence-electron chi connectivity index (χ4n) is 3.91. The smallest absolute Gasteiger partial charge is 0.326 e. The summed E-state index contributed by atoms with van der Waals surface area (Å²) in [6.07, 6.45) is 1.84. The zero-order valence-electron chi connectivity index (χ0n) is 15.8. The minimum absolute atomic E-state index is 0.104. The largest absolute Gasteiger partial charge is 0.465 e. The molecule has 4 rings (SSSR count). The van der Waals surface area contributed by atoms with Crippen LogP contribution >= 0.6 is 0 Å². The van der Waals surface area contributed by atoms with Crippen LogP contribution in [-0.4, -0.2) is 28.0 Å². The van der Waals surface area contributed by atoms with Crippen molar-refractivity contribution in [3.8, 4) is 5.75 Å². The lowest BCUT2D eigenvalue weighted by Gasteiger charge is -2.30. The molecule has 2 aromatic carbocycles. The van der Waals surface area contributed by atoms with Crippen molar-refractivity contribution in [2.45, 2.75) is 12.8 Å². The number of carbonyl (C=O) groups excluding carboxylic acids is 2. The van der Waals surface area contributed by atoms with Gasteiger partial charge in [0.15, 0.2) is 5.92 Å². The summed E-state index contributed by atoms with van der Waals surface area (Å²) < 4.78 is 12.4. The van der Waals surface area contributed by atoms with Crippen LogP contribution in [0.15, 0.2) is 48.7 Å². The second-order valence-corrected chi connectivity index (χ2v) is 6.82. The van der Waals surface area contributed by atoms with Crippen LogP contribution in [0.1, 0.15) is 24.0 Å². The van der Waals surface area contributed by atoms with Gasteiger partial charge >= 0.3 is 11.9 Å². The van der Waals surface area contributed by atoms with Crippen molar-refractivity contribution in [2.75, 3.05) is 6.61 Å². The Bertz CT molecular complexity index is 1150. The number of para-hydroxylation sites is 1. The molecule has 0 saturated heterocycles. The second-order valence-electron chi connectivity index (χ2n) is 6.82. The number of aryl methyl sites for hydroxylation is 1. The van der Waals surface area contributed by atoms with Gasteiger partial charge in [0.1, 0.15) is 5.75 Å². The first-order chi connectivity index (χ1) is 13.9. The molecule has 0 bridgehead atoms. The predicted molar refractivity (Wildman–Crippen MR) is 104 cm³/mol. The Kier molecular flexibility index (Phi) is 4.54. The van der Waals surface area contributed by atoms with Gasteiger partial charge in [-0.2, -0.15) is 0 Å². The molecule has 0 saturated carbocycles. The van der Waals surface area contributed by atoms with E-state index in [0.29, 0.717) is 11.1 Å². The first kappa shape index (κ1) is 18.7. The fraction of sp³-hybridized carbons (Fsp3) is 0.238. The maximum atomic E-state index is 12.8. The normalized spacial score (nSPS) is 18.2. The quantitative estimate of drug-likeness (QED) is 0.221. The Labute approximate surface area is 165 Å². The molecule has 8 nitrogen and oxygen atoms in total. The van der Waals surface area contributed by atoms with Crippen molar-refractivity contribution in [3.63, 3.8) is 0 Å². The van der Waals surface area contributed by atoms with Gasteiger partial charge in [0.25, 0.3) is 5.69 Å². The molecule has 1 aromatic heterocycles. The van der Waals surface area contributed by atoms with Crippen LogP contribution in [0.25, 0.3) is 10.9 Å². The van der Waals surface area contributed by atoms with Gasteiger partial charge in [0.2, 0.25) is 0 Å². The summed E-state index contributed by atoms with van der Waals surface area (Å²) in [6, 6.07) is 11.6. The Balaban J connectivity index is 1.99. The van der Waals surface area contributed by atoms with Crippen LogP contribution in [0, 0.1) is 16.0 Å². The summed E-state index contributed by atoms with van der Waals surface area (Å²) in [5.41, 5.74) is 1.89. The molecular weight excluding hydrogens is 376 g/mol. The molecule has 1 aliphatic rings. The number of nitro groups is 1. The van der Waals surface area contributed by atoms with E-state index in [2.05, 4.69) is 0 Å². The zero-order valence-corrected chi connectivity index (χ0v) is 15.8. The third-order valence-corrected chi connectivity index (χ3v) is 5.14. The number of fused-ring (bicyclic) bond motifs is 2. The number of non-ortho nitro benzene ring substituents is 1. The third-order valence-electron chi connectivity index (χ3n) is 5.14. The lowest BCUT2D eigenvalue weighted by Crippen LogP contribution is -2.38. The molecule has 0 aliphatic carbocycles. The van der Waals surface area contributed by atoms with Crippen molar-refractivity contribution in [1.29, 1.82) is 0 Å². The van der Waals surface area contributed by atoms with Crippen LogP contribution in [0.3, 0.4) is 0 Å². The molecule has 0 unspecified atom stereocenters. The number of ether oxygens (including phenoxy) is 2. The van der Waals surface area contributed by atoms with Gasteiger partial charge in [0, 0.05) is 47.8 Å². The summed E-state index contributed by atoms with van der Waals surface area (Å²) >= 11 is 0. The van der Waals surface area contributed by atoms with Crippen molar-refractivity contribution in [3.05, 3.63) is 69.9 Å². The summed E-state index contributed by atoms with van der Waals surface area (Å²) in [5.74, 6) is -3.26. The third kappa shape index (κ3) is 3.02. The number of esters is 2. The zero-order chi connectivity index (χ0) is 20.7. The molecule has 0 spiro atoms. The summed E-state index contributed by atoms with van der Waals surface area (Å²) in [6.45, 7) is 1.75. The maximum absolute atomic E-state index is 12.8. The number of carbonyl (C=O) groups is 2. The van der Waals surface area contributed by atoms with E-state index in [1.807, 2.05) is 42.1 Å². The molecule has 148 valence electrons. The van der Waals surface area contributed by atoms with Crippen molar-refractivity contribution in [2.24, 2.45) is 13.0 Å². The number of benzene rings is 2. The summed E-state index contributed by atoms with van der Waals surface area (Å²) in [4.78, 5) is 36.3. The van der Waals surface area contributed by atoms with Gasteiger partial charge in [-0.05, 0) is 24.6 Å². The molecule has 8 heteroatoms. The number of nitro benzene ring substituents is 1. The molecule has 29 heavy (non-hydrogen) atoms. The van der Waals surface area contributed by atoms with Gasteiger partial charge in [0.05, 0.1) is 11.5 Å². The molecular formula is C21H18N2O6. The number of aromatic nitrogens is 1. The molecule has 2 heterocycles. The van der Waals surface area contributed by atoms with Crippen LogP contribution < -0.4 is 4.74 Å². The van der Waals surface area contributed by atoms with Crippen LogP contribution in [-0.2, 0) is 21.4 Å². The molecule has 3 aromatic rings. The molecule has 0 radical (unpaired) electrons. The number of rotatable bonds is 4. The fourth-order valence-corrected chi connectivity index (χ4v) is 3.91. The Hall–Kier alpha value is -3.68. The number of hydrogen-bond donors (Lipinski definition) is 0. The Morgan fingerprint density at radius 1 is 1.24 bits per heavy atom. The number of nitrogens with zero attached hydrogens (tertiary/aromatic N) is 2. The van der Waals surface area contributed by atoms with E-state index in [1.54, 1.807) is 6.92 Å². The van der Waals surface area contributed by atoms with E-state index in [1.165, 1.54) is 18.2 Å². The molecule has 0 amide bonds. The average molecular weight is 394 g/mol. The highest BCUT2D eigenvalue weighted by Gasteiger charge is 2.46. The standard InChI is InChI=1S/C21H18N2O6/c1-3-28-20(24)19-18(15-11-22(2)16-7-5-4-6-13(15)16)14-10-12(23(26)27)8-9-17(14)29-21(19)25/h4-11,18-19H,3H2,1-2H3/t18-,19+/m1/s1. The van der Waals surface area contributed by atoms with Gasteiger partial charge < -0.3 is 14.0 Å². The lowest BCUT2D eigenvalue weighted by atomic mass is 9.78. The van der Waals surface area contributed by atoms with Crippen molar-refractivity contribution < 1.29 is 24.0 Å². The second kappa shape index (κ2) is 7.05. The van der Waals surface area contributed by atoms with E-state index in [-0.39, 0.29) is 18.0 Å². The van der Waals surface area contributed by atoms with Gasteiger partial charge in [-0.25, -0.2) is 0 Å². The van der Waals surface area contributed by atoms with Gasteiger partial charge in [-0.15, -0.1) is 0 Å². The Morgan fingerprint density at radius 3 is 2.72 bits per heavy atom. The SMILES string of the molecule is CCOC(=O)[C@H]1C(=O)Oc2ccc([N+](=O)[O-])cc2[C@@H]1c1cn(C)c2ccccc12. The van der Waals surface area contributed by atoms with Gasteiger partial charge in [-0.3, -0.25) is 19.7 Å². The van der Waals surface area contributed by atoms with E-state index in [9.17, 15) is 19.7 Å². The van der Waals surface area contributed by atoms with Crippen LogP contribution in [0.2, 0.25) is 0 Å². The Morgan fingerprint density at radius 2 is 2.00 bits per heavy atom. The molecule has 0 fully saturated rings. The van der Waals surface area contributed by atoms with E-state index >= 15 is 0 Å². The first-order valence-corrected chi connectivity index (χ1v) is 9.13. The summed E-state index contributed by atoms with van der Waals surface area (Å²) in [5, 5.41) is 12.2. The van der Waals surface area contributed by atoms with Crippen LogP contribution in [0.4, 0.5) is 5.69 Å². The first-order valence-electron chi connectivity index (χ1n) is 9.13. The monoisotopic (exact) mass is 394 g/mol. The lowest BCUT2D eigenvalue weighted by molar-refractivity contribution is -0.385. The minimum atomic E-state index is -1.25. The van der Waals surface area contributed by atoms with E-state index < -0.39 is 28.7 Å². The van der Waals surface area contributed by atoms with Crippen LogP contribution in [0.5, 0.6) is 5.75 Å². The summed E-state index contributed by atoms with van der Waals surface area (Å²) in [7, 11) is 1.86. The van der Waals surface area contributed by atoms with Crippen molar-refractivity contribution in [1.82, 2.24) is 4.57 Å². The number of hydrogen-bond acceptors (Lipinski definition) is 6.